The second kappa shape index (κ2) is 5.17. The molecule has 1 aliphatic heterocycles. The molecule has 1 N–H and O–H groups in total. The predicted octanol–water partition coefficient (Wildman–Crippen LogP) is 0.999. The van der Waals surface area contributed by atoms with Crippen LogP contribution in [0.3, 0.4) is 0 Å². The lowest BCUT2D eigenvalue weighted by Crippen LogP contribution is -2.42. The topological polar surface area (TPSA) is 15.3 Å². The number of nitrogens with one attached hydrogen (secondary N) is 1. The second-order valence-electron chi connectivity index (χ2n) is 2.87. The van der Waals surface area contributed by atoms with Gasteiger partial charge in [0.2, 0.25) is 0 Å². The minimum absolute atomic E-state index is 0. The van der Waals surface area contributed by atoms with Crippen LogP contribution in [0.15, 0.2) is 0 Å². The van der Waals surface area contributed by atoms with E-state index in [9.17, 15) is 8.78 Å². The Morgan fingerprint density at radius 1 is 1.33 bits per heavy atom. The lowest BCUT2D eigenvalue weighted by atomic mass is 10.2. The van der Waals surface area contributed by atoms with E-state index in [-0.39, 0.29) is 31.4 Å². The molecule has 6 heteroatoms. The van der Waals surface area contributed by atoms with Gasteiger partial charge >= 0.3 is 0 Å². The number of likely N-dealkylation sites (N-methyl/N-ethyl adjacent to an activating group) is 1. The molecule has 0 saturated carbocycles. The van der Waals surface area contributed by atoms with E-state index in [4.69, 9.17) is 0 Å². The van der Waals surface area contributed by atoms with Crippen LogP contribution in [0.5, 0.6) is 0 Å². The highest BCUT2D eigenvalue weighted by Gasteiger charge is 2.44. The van der Waals surface area contributed by atoms with Crippen LogP contribution in [-0.2, 0) is 0 Å². The second-order valence-corrected chi connectivity index (χ2v) is 2.87. The molecule has 0 amide bonds. The van der Waals surface area contributed by atoms with Gasteiger partial charge in [0.1, 0.15) is 0 Å². The third-order valence-corrected chi connectivity index (χ3v) is 1.81. The monoisotopic (exact) mass is 222 g/mol. The van der Waals surface area contributed by atoms with Crippen molar-refractivity contribution < 1.29 is 8.78 Å². The third-order valence-electron chi connectivity index (χ3n) is 1.81. The minimum Gasteiger partial charge on any atom is -0.309 e. The maximum Gasteiger partial charge on any atom is 0.276 e. The first kappa shape index (κ1) is 14.9. The molecule has 0 aliphatic carbocycles. The Labute approximate surface area is 83.5 Å². The highest BCUT2D eigenvalue weighted by molar-refractivity contribution is 5.85. The van der Waals surface area contributed by atoms with E-state index >= 15 is 0 Å². The summed E-state index contributed by atoms with van der Waals surface area (Å²) in [6, 6.07) is -0.632. The third kappa shape index (κ3) is 3.01. The van der Waals surface area contributed by atoms with Crippen molar-refractivity contribution in [3.8, 4) is 0 Å². The number of alkyl halides is 2. The van der Waals surface area contributed by atoms with Crippen molar-refractivity contribution in [3.05, 3.63) is 0 Å². The van der Waals surface area contributed by atoms with Gasteiger partial charge in [-0.25, -0.2) is 8.78 Å². The van der Waals surface area contributed by atoms with Crippen LogP contribution in [0.25, 0.3) is 0 Å². The smallest absolute Gasteiger partial charge is 0.276 e. The molecular weight excluding hydrogens is 209 g/mol. The fourth-order valence-electron chi connectivity index (χ4n) is 1.20. The van der Waals surface area contributed by atoms with Crippen molar-refractivity contribution in [3.63, 3.8) is 0 Å². The summed E-state index contributed by atoms with van der Waals surface area (Å²) < 4.78 is 25.5. The summed E-state index contributed by atoms with van der Waals surface area (Å²) in [5.41, 5.74) is 0. The maximum absolute atomic E-state index is 12.8. The molecule has 1 heterocycles. The van der Waals surface area contributed by atoms with E-state index in [1.54, 1.807) is 19.0 Å². The van der Waals surface area contributed by atoms with E-state index in [2.05, 4.69) is 5.32 Å². The highest BCUT2D eigenvalue weighted by Crippen LogP contribution is 2.24. The standard InChI is InChI=1S/C6H12F2N2.2ClH/c1-10(2)5-3-9-4-6(5,7)8;;/h5,9H,3-4H2,1-2H3;2*1H/t5-;;/m1../s1. The van der Waals surface area contributed by atoms with Crippen LogP contribution in [0.4, 0.5) is 8.78 Å². The van der Waals surface area contributed by atoms with Crippen LogP contribution in [0.1, 0.15) is 0 Å². The molecule has 0 aromatic rings. The highest BCUT2D eigenvalue weighted by atomic mass is 35.5. The van der Waals surface area contributed by atoms with Gasteiger partial charge in [-0.15, -0.1) is 24.8 Å². The molecule has 1 fully saturated rings. The average molecular weight is 223 g/mol. The Kier molecular flexibility index (Phi) is 6.40. The van der Waals surface area contributed by atoms with Crippen molar-refractivity contribution in [1.29, 1.82) is 0 Å². The van der Waals surface area contributed by atoms with Gasteiger partial charge in [0.15, 0.2) is 0 Å². The molecule has 1 atom stereocenters. The zero-order valence-corrected chi connectivity index (χ0v) is 8.64. The molecule has 1 rings (SSSR count). The van der Waals surface area contributed by atoms with Gasteiger partial charge in [0.25, 0.3) is 5.92 Å². The summed E-state index contributed by atoms with van der Waals surface area (Å²) in [5, 5.41) is 2.65. The molecule has 12 heavy (non-hydrogen) atoms. The van der Waals surface area contributed by atoms with Gasteiger partial charge in [-0.1, -0.05) is 0 Å². The zero-order chi connectivity index (χ0) is 7.78. The molecule has 76 valence electrons. The van der Waals surface area contributed by atoms with Gasteiger partial charge in [-0.3, -0.25) is 4.90 Å². The van der Waals surface area contributed by atoms with Gasteiger partial charge in [-0.05, 0) is 14.1 Å². The summed E-state index contributed by atoms with van der Waals surface area (Å²) in [7, 11) is 3.34. The van der Waals surface area contributed by atoms with E-state index < -0.39 is 12.0 Å². The van der Waals surface area contributed by atoms with Crippen LogP contribution in [0.2, 0.25) is 0 Å². The fraction of sp³-hybridized carbons (Fsp3) is 1.00. The molecule has 0 aromatic heterocycles. The molecule has 2 nitrogen and oxygen atoms in total. The average Bonchev–Trinajstić information content (AvgIpc) is 2.08. The SMILES string of the molecule is CN(C)[C@@H]1CNCC1(F)F.Cl.Cl. The quantitative estimate of drug-likeness (QED) is 0.713. The summed E-state index contributed by atoms with van der Waals surface area (Å²) >= 11 is 0. The van der Waals surface area contributed by atoms with Crippen LogP contribution in [0, 0.1) is 0 Å². The van der Waals surface area contributed by atoms with Crippen LogP contribution >= 0.6 is 24.8 Å². The number of hydrogen-bond acceptors (Lipinski definition) is 2. The number of hydrogen-bond donors (Lipinski definition) is 1. The summed E-state index contributed by atoms with van der Waals surface area (Å²) in [4.78, 5) is 1.56. The first-order valence-corrected chi connectivity index (χ1v) is 3.29. The lowest BCUT2D eigenvalue weighted by Gasteiger charge is -2.24. The first-order chi connectivity index (χ1) is 4.54. The summed E-state index contributed by atoms with van der Waals surface area (Å²) in [6.45, 7) is 0.204. The maximum atomic E-state index is 12.8. The summed E-state index contributed by atoms with van der Waals surface area (Å²) in [5.74, 6) is -2.55. The normalized spacial score (nSPS) is 26.2. The minimum atomic E-state index is -2.55. The zero-order valence-electron chi connectivity index (χ0n) is 7.01. The molecule has 0 aromatic carbocycles. The summed E-state index contributed by atoms with van der Waals surface area (Å²) in [6.07, 6.45) is 0. The van der Waals surface area contributed by atoms with Crippen LogP contribution < -0.4 is 5.32 Å². The van der Waals surface area contributed by atoms with Crippen LogP contribution in [-0.4, -0.2) is 44.0 Å². The van der Waals surface area contributed by atoms with Gasteiger partial charge in [-0.2, -0.15) is 0 Å². The van der Waals surface area contributed by atoms with E-state index in [1.807, 2.05) is 0 Å². The number of halogens is 4. The molecule has 0 unspecified atom stereocenters. The Balaban J connectivity index is 0. The molecule has 0 bridgehead atoms. The Hall–Kier alpha value is 0.360. The predicted molar refractivity (Wildman–Crippen MR) is 49.8 cm³/mol. The van der Waals surface area contributed by atoms with E-state index in [1.165, 1.54) is 0 Å². The van der Waals surface area contributed by atoms with E-state index in [0.29, 0.717) is 6.54 Å². The number of rotatable bonds is 1. The van der Waals surface area contributed by atoms with Gasteiger partial charge in [0.05, 0.1) is 12.6 Å². The van der Waals surface area contributed by atoms with Crippen molar-refractivity contribution >= 4 is 24.8 Å². The van der Waals surface area contributed by atoms with Crippen molar-refractivity contribution in [2.24, 2.45) is 0 Å². The fourth-order valence-corrected chi connectivity index (χ4v) is 1.20. The largest absolute Gasteiger partial charge is 0.309 e. The lowest BCUT2D eigenvalue weighted by molar-refractivity contribution is -0.0341. The first-order valence-electron chi connectivity index (χ1n) is 3.29. The molecule has 0 spiro atoms. The molecule has 1 aliphatic rings. The van der Waals surface area contributed by atoms with Crippen molar-refractivity contribution in [1.82, 2.24) is 10.2 Å². The molecule has 1 saturated heterocycles. The molecular formula is C6H14Cl2F2N2. The molecule has 0 radical (unpaired) electrons. The Bertz CT molecular complexity index is 133. The number of nitrogens with zero attached hydrogens (tertiary/aromatic N) is 1. The van der Waals surface area contributed by atoms with Crippen molar-refractivity contribution in [2.75, 3.05) is 27.2 Å². The van der Waals surface area contributed by atoms with E-state index in [0.717, 1.165) is 0 Å². The van der Waals surface area contributed by atoms with Crippen molar-refractivity contribution in [2.45, 2.75) is 12.0 Å². The Morgan fingerprint density at radius 2 is 1.83 bits per heavy atom. The van der Waals surface area contributed by atoms with Gasteiger partial charge in [0, 0.05) is 6.54 Å². The van der Waals surface area contributed by atoms with Gasteiger partial charge < -0.3 is 5.32 Å². The Morgan fingerprint density at radius 3 is 2.00 bits per heavy atom.